The van der Waals surface area contributed by atoms with Crippen molar-refractivity contribution in [2.45, 2.75) is 18.0 Å². The molecule has 0 radical (unpaired) electrons. The number of rotatable bonds is 3. The molecule has 0 aliphatic carbocycles. The van der Waals surface area contributed by atoms with Gasteiger partial charge in [0.25, 0.3) is 15.9 Å². The average molecular weight is 477 g/mol. The first kappa shape index (κ1) is 22.6. The first-order valence-electron chi connectivity index (χ1n) is 9.76. The topological polar surface area (TPSA) is 88.6 Å². The molecule has 0 bridgehead atoms. The van der Waals surface area contributed by atoms with Crippen LogP contribution in [-0.4, -0.2) is 32.5 Å². The predicted octanol–water partition coefficient (Wildman–Crippen LogP) is 4.25. The van der Waals surface area contributed by atoms with Crippen molar-refractivity contribution in [1.29, 1.82) is 0 Å². The first-order valence-corrected chi connectivity index (χ1v) is 11.2. The van der Waals surface area contributed by atoms with Crippen molar-refractivity contribution in [1.82, 2.24) is 4.98 Å². The molecule has 0 spiro atoms. The number of pyridine rings is 1. The molecular formula is C22H18F3N3O4S. The van der Waals surface area contributed by atoms with Crippen LogP contribution in [0.2, 0.25) is 0 Å². The zero-order valence-corrected chi connectivity index (χ0v) is 18.1. The molecule has 0 unspecified atom stereocenters. The monoisotopic (exact) mass is 477 g/mol. The van der Waals surface area contributed by atoms with E-state index in [1.54, 1.807) is 19.2 Å². The van der Waals surface area contributed by atoms with Crippen LogP contribution < -0.4 is 14.4 Å². The van der Waals surface area contributed by atoms with E-state index in [4.69, 9.17) is 4.74 Å². The minimum Gasteiger partial charge on any atom is -0.490 e. The van der Waals surface area contributed by atoms with Crippen LogP contribution in [0.3, 0.4) is 0 Å². The zero-order chi connectivity index (χ0) is 23.8. The third-order valence-electron chi connectivity index (χ3n) is 5.09. The predicted molar refractivity (Wildman–Crippen MR) is 115 cm³/mol. The van der Waals surface area contributed by atoms with E-state index in [0.29, 0.717) is 11.1 Å². The van der Waals surface area contributed by atoms with Crippen molar-refractivity contribution in [2.24, 2.45) is 0 Å². The van der Waals surface area contributed by atoms with Gasteiger partial charge in [-0.2, -0.15) is 13.2 Å². The summed E-state index contributed by atoms with van der Waals surface area (Å²) in [5, 5.41) is 2.64. The van der Waals surface area contributed by atoms with Crippen molar-refractivity contribution in [3.63, 3.8) is 0 Å². The number of carbonyl (C=O) groups is 1. The van der Waals surface area contributed by atoms with Gasteiger partial charge in [-0.15, -0.1) is 0 Å². The molecule has 172 valence electrons. The Kier molecular flexibility index (Phi) is 5.75. The summed E-state index contributed by atoms with van der Waals surface area (Å²) in [4.78, 5) is 16.3. The lowest BCUT2D eigenvalue weighted by Crippen LogP contribution is -2.32. The van der Waals surface area contributed by atoms with Gasteiger partial charge in [-0.3, -0.25) is 14.1 Å². The molecule has 2 heterocycles. The van der Waals surface area contributed by atoms with Crippen LogP contribution in [0.15, 0.2) is 65.8 Å². The minimum atomic E-state index is -4.54. The normalized spacial score (nSPS) is 15.2. The Morgan fingerprint density at radius 2 is 1.85 bits per heavy atom. The quantitative estimate of drug-likeness (QED) is 0.609. The summed E-state index contributed by atoms with van der Waals surface area (Å²) in [7, 11) is -4.19. The molecule has 7 nitrogen and oxygen atoms in total. The van der Waals surface area contributed by atoms with E-state index in [0.717, 1.165) is 28.6 Å². The van der Waals surface area contributed by atoms with Gasteiger partial charge in [-0.1, -0.05) is 0 Å². The van der Waals surface area contributed by atoms with Gasteiger partial charge < -0.3 is 10.1 Å². The van der Waals surface area contributed by atoms with Crippen LogP contribution >= 0.6 is 0 Å². The molecule has 1 amide bonds. The maximum Gasteiger partial charge on any atom is 0.416 e. The zero-order valence-electron chi connectivity index (χ0n) is 17.3. The third-order valence-corrected chi connectivity index (χ3v) is 6.94. The number of anilines is 2. The lowest BCUT2D eigenvalue weighted by molar-refractivity contribution is -0.137. The Hall–Kier alpha value is -3.60. The van der Waals surface area contributed by atoms with E-state index in [1.165, 1.54) is 24.4 Å². The van der Waals surface area contributed by atoms with Gasteiger partial charge in [-0.25, -0.2) is 8.42 Å². The van der Waals surface area contributed by atoms with Crippen molar-refractivity contribution in [2.75, 3.05) is 22.8 Å². The molecule has 1 N–H and O–H groups in total. The van der Waals surface area contributed by atoms with Gasteiger partial charge in [0.15, 0.2) is 0 Å². The minimum absolute atomic E-state index is 0.00611. The van der Waals surface area contributed by atoms with Gasteiger partial charge in [0.2, 0.25) is 0 Å². The smallest absolute Gasteiger partial charge is 0.416 e. The van der Waals surface area contributed by atoms with Crippen LogP contribution in [0.1, 0.15) is 21.5 Å². The van der Waals surface area contributed by atoms with E-state index in [1.807, 2.05) is 0 Å². The Morgan fingerprint density at radius 1 is 1.12 bits per heavy atom. The highest BCUT2D eigenvalue weighted by Crippen LogP contribution is 2.36. The van der Waals surface area contributed by atoms with E-state index < -0.39 is 27.7 Å². The number of hydrogen-bond acceptors (Lipinski definition) is 5. The third kappa shape index (κ3) is 4.49. The number of halogens is 3. The number of hydrogen-bond donors (Lipinski definition) is 1. The number of aromatic nitrogens is 1. The molecule has 0 saturated carbocycles. The molecule has 11 heteroatoms. The van der Waals surface area contributed by atoms with Gasteiger partial charge in [0.05, 0.1) is 23.4 Å². The number of benzene rings is 2. The highest BCUT2D eigenvalue weighted by Gasteiger charge is 2.33. The summed E-state index contributed by atoms with van der Waals surface area (Å²) in [6.07, 6.45) is -1.58. The SMILES string of the molecule is Cc1ccncc1C(=O)Nc1ccc2c(c1)S(=O)(=O)N(c1ccc(C(F)(F)F)cc1)CCO2. The molecule has 0 atom stereocenters. The number of amides is 1. The van der Waals surface area contributed by atoms with Crippen molar-refractivity contribution >= 4 is 27.3 Å². The molecule has 1 aliphatic heterocycles. The highest BCUT2D eigenvalue weighted by molar-refractivity contribution is 7.93. The Morgan fingerprint density at radius 3 is 2.52 bits per heavy atom. The summed E-state index contributed by atoms with van der Waals surface area (Å²) in [6, 6.07) is 9.71. The van der Waals surface area contributed by atoms with Crippen molar-refractivity contribution in [3.05, 3.63) is 77.6 Å². The van der Waals surface area contributed by atoms with Crippen LogP contribution in [0.25, 0.3) is 0 Å². The maximum atomic E-state index is 13.4. The molecule has 1 aromatic heterocycles. The molecule has 0 fully saturated rings. The van der Waals surface area contributed by atoms with Crippen LogP contribution in [0, 0.1) is 6.92 Å². The lowest BCUT2D eigenvalue weighted by atomic mass is 10.1. The Labute approximate surface area is 187 Å². The number of nitrogens with one attached hydrogen (secondary N) is 1. The van der Waals surface area contributed by atoms with E-state index in [2.05, 4.69) is 10.3 Å². The molecule has 33 heavy (non-hydrogen) atoms. The second kappa shape index (κ2) is 8.39. The molecule has 2 aromatic carbocycles. The van der Waals surface area contributed by atoms with Crippen LogP contribution in [0.4, 0.5) is 24.5 Å². The molecule has 3 aromatic rings. The number of sulfonamides is 1. The van der Waals surface area contributed by atoms with Gasteiger partial charge in [0, 0.05) is 18.1 Å². The summed E-state index contributed by atoms with van der Waals surface area (Å²) >= 11 is 0. The first-order chi connectivity index (χ1) is 15.6. The largest absolute Gasteiger partial charge is 0.490 e. The second-order valence-electron chi connectivity index (χ2n) is 7.28. The summed E-state index contributed by atoms with van der Waals surface area (Å²) < 4.78 is 71.9. The maximum absolute atomic E-state index is 13.4. The van der Waals surface area contributed by atoms with Gasteiger partial charge in [-0.05, 0) is 61.0 Å². The number of fused-ring (bicyclic) bond motifs is 1. The lowest BCUT2D eigenvalue weighted by Gasteiger charge is -2.22. The average Bonchev–Trinajstić information content (AvgIpc) is 2.89. The number of alkyl halides is 3. The number of carbonyl (C=O) groups excluding carboxylic acids is 1. The highest BCUT2D eigenvalue weighted by atomic mass is 32.2. The van der Waals surface area contributed by atoms with Gasteiger partial charge in [0.1, 0.15) is 17.3 Å². The molecule has 4 rings (SSSR count). The van der Waals surface area contributed by atoms with Gasteiger partial charge >= 0.3 is 6.18 Å². The molecule has 0 saturated heterocycles. The van der Waals surface area contributed by atoms with E-state index >= 15 is 0 Å². The number of ether oxygens (including phenoxy) is 1. The number of aryl methyl sites for hydroxylation is 1. The standard InChI is InChI=1S/C22H18F3N3O4S/c1-14-8-9-26-13-18(14)21(29)27-16-4-7-19-20(12-16)33(30,31)28(10-11-32-19)17-5-2-15(3-6-17)22(23,24)25/h2-9,12-13H,10-11H2,1H3,(H,27,29). The second-order valence-corrected chi connectivity index (χ2v) is 9.11. The number of nitrogens with zero attached hydrogens (tertiary/aromatic N) is 2. The molecular weight excluding hydrogens is 459 g/mol. The van der Waals surface area contributed by atoms with E-state index in [9.17, 15) is 26.4 Å². The van der Waals surface area contributed by atoms with Crippen molar-refractivity contribution in [3.8, 4) is 5.75 Å². The van der Waals surface area contributed by atoms with Crippen molar-refractivity contribution < 1.29 is 31.1 Å². The van der Waals surface area contributed by atoms with E-state index in [-0.39, 0.29) is 35.2 Å². The fourth-order valence-corrected chi connectivity index (χ4v) is 4.98. The summed E-state index contributed by atoms with van der Waals surface area (Å²) in [5.41, 5.74) is 0.425. The summed E-state index contributed by atoms with van der Waals surface area (Å²) in [5.74, 6) is -0.382. The van der Waals surface area contributed by atoms with Crippen LogP contribution in [-0.2, 0) is 16.2 Å². The Bertz CT molecular complexity index is 1310. The fourth-order valence-electron chi connectivity index (χ4n) is 3.37. The summed E-state index contributed by atoms with van der Waals surface area (Å²) in [6.45, 7) is 1.64. The van der Waals surface area contributed by atoms with Crippen LogP contribution in [0.5, 0.6) is 5.75 Å². The fraction of sp³-hybridized carbons (Fsp3) is 0.182. The molecule has 1 aliphatic rings. The Balaban J connectivity index is 1.67.